The monoisotopic (exact) mass is 304 g/mol. The Morgan fingerprint density at radius 1 is 1.05 bits per heavy atom. The summed E-state index contributed by atoms with van der Waals surface area (Å²) < 4.78 is 0. The van der Waals surface area contributed by atoms with E-state index in [1.54, 1.807) is 6.20 Å². The maximum atomic E-state index is 10.9. The van der Waals surface area contributed by atoms with E-state index in [-0.39, 0.29) is 12.4 Å². The van der Waals surface area contributed by atoms with E-state index < -0.39 is 5.60 Å². The lowest BCUT2D eigenvalue weighted by Crippen LogP contribution is -2.32. The molecule has 3 rings (SSSR count). The maximum Gasteiger partial charge on any atom is 0.129 e. The maximum absolute atomic E-state index is 10.9. The molecule has 1 fully saturated rings. The summed E-state index contributed by atoms with van der Waals surface area (Å²) in [6, 6.07) is 14.3. The summed E-state index contributed by atoms with van der Waals surface area (Å²) in [6.45, 7) is 0. The van der Waals surface area contributed by atoms with E-state index in [2.05, 4.69) is 29.2 Å². The van der Waals surface area contributed by atoms with Crippen LogP contribution < -0.4 is 5.73 Å². The van der Waals surface area contributed by atoms with Gasteiger partial charge in [0.1, 0.15) is 5.82 Å². The molecule has 0 atom stereocenters. The number of benzene rings is 1. The first-order valence-corrected chi connectivity index (χ1v) is 7.17. The number of nitrogens with two attached hydrogens (primary N) is 1. The number of hydrogen-bond donors (Lipinski definition) is 2. The van der Waals surface area contributed by atoms with Crippen molar-refractivity contribution in [3.63, 3.8) is 0 Å². The summed E-state index contributed by atoms with van der Waals surface area (Å²) in [7, 11) is 0. The van der Waals surface area contributed by atoms with E-state index in [1.807, 2.05) is 18.2 Å². The number of aromatic nitrogens is 1. The molecule has 112 valence electrons. The average molecular weight is 305 g/mol. The molecule has 1 aliphatic carbocycles. The molecule has 0 unspecified atom stereocenters. The highest BCUT2D eigenvalue weighted by Gasteiger charge is 2.36. The van der Waals surface area contributed by atoms with Gasteiger partial charge >= 0.3 is 0 Å². The van der Waals surface area contributed by atoms with Crippen molar-refractivity contribution >= 4 is 18.2 Å². The summed E-state index contributed by atoms with van der Waals surface area (Å²) in [5.41, 5.74) is 7.25. The molecular formula is C17H21ClN2O. The summed E-state index contributed by atoms with van der Waals surface area (Å²) in [5, 5.41) is 10.9. The van der Waals surface area contributed by atoms with Gasteiger partial charge in [0, 0.05) is 11.8 Å². The Labute approximate surface area is 131 Å². The van der Waals surface area contributed by atoms with Gasteiger partial charge in [0.15, 0.2) is 0 Å². The van der Waals surface area contributed by atoms with Crippen molar-refractivity contribution in [2.45, 2.75) is 37.2 Å². The van der Waals surface area contributed by atoms with Gasteiger partial charge in [-0.05, 0) is 43.2 Å². The van der Waals surface area contributed by atoms with Crippen LogP contribution in [0.2, 0.25) is 0 Å². The van der Waals surface area contributed by atoms with Gasteiger partial charge in [0.25, 0.3) is 0 Å². The van der Waals surface area contributed by atoms with Gasteiger partial charge in [-0.3, -0.25) is 0 Å². The minimum absolute atomic E-state index is 0. The molecule has 0 radical (unpaired) electrons. The highest BCUT2D eigenvalue weighted by molar-refractivity contribution is 5.85. The predicted octanol–water partition coefficient (Wildman–Crippen LogP) is 3.63. The van der Waals surface area contributed by atoms with Gasteiger partial charge in [0.05, 0.1) is 5.60 Å². The molecule has 3 nitrogen and oxygen atoms in total. The number of aliphatic hydroxyl groups is 1. The van der Waals surface area contributed by atoms with E-state index in [9.17, 15) is 5.11 Å². The lowest BCUT2D eigenvalue weighted by molar-refractivity contribution is -0.00520. The Balaban J connectivity index is 0.00000161. The molecular weight excluding hydrogens is 284 g/mol. The van der Waals surface area contributed by atoms with Crippen LogP contribution in [0.4, 0.5) is 5.82 Å². The minimum atomic E-state index is -0.816. The Morgan fingerprint density at radius 3 is 2.33 bits per heavy atom. The zero-order valence-electron chi connectivity index (χ0n) is 11.9. The van der Waals surface area contributed by atoms with Gasteiger partial charge in [-0.2, -0.15) is 0 Å². The number of anilines is 1. The fourth-order valence-corrected chi connectivity index (χ4v) is 3.23. The van der Waals surface area contributed by atoms with Crippen molar-refractivity contribution in [3.05, 3.63) is 59.8 Å². The van der Waals surface area contributed by atoms with E-state index in [1.165, 1.54) is 5.56 Å². The fraction of sp³-hybridized carbons (Fsp3) is 0.353. The van der Waals surface area contributed by atoms with Gasteiger partial charge in [0.2, 0.25) is 0 Å². The highest BCUT2D eigenvalue weighted by Crippen LogP contribution is 2.44. The fourth-order valence-electron chi connectivity index (χ4n) is 3.23. The van der Waals surface area contributed by atoms with Crippen LogP contribution in [0.3, 0.4) is 0 Å². The third-order valence-electron chi connectivity index (χ3n) is 4.42. The number of halogens is 1. The van der Waals surface area contributed by atoms with E-state index in [0.29, 0.717) is 11.7 Å². The normalized spacial score (nSPS) is 25.1. The molecule has 4 heteroatoms. The van der Waals surface area contributed by atoms with E-state index in [0.717, 1.165) is 31.2 Å². The number of nitrogens with zero attached hydrogens (tertiary/aromatic N) is 1. The summed E-state index contributed by atoms with van der Waals surface area (Å²) in [5.74, 6) is 0.988. The summed E-state index contributed by atoms with van der Waals surface area (Å²) in [6.07, 6.45) is 5.10. The Hall–Kier alpha value is -1.58. The Bertz CT molecular complexity index is 580. The van der Waals surface area contributed by atoms with Crippen molar-refractivity contribution in [3.8, 4) is 0 Å². The van der Waals surface area contributed by atoms with Crippen LogP contribution in [0.15, 0.2) is 48.7 Å². The summed E-state index contributed by atoms with van der Waals surface area (Å²) in [4.78, 5) is 4.09. The van der Waals surface area contributed by atoms with Crippen LogP contribution in [0.25, 0.3) is 0 Å². The first-order chi connectivity index (χ1) is 9.69. The second-order valence-electron chi connectivity index (χ2n) is 5.65. The van der Waals surface area contributed by atoms with Crippen LogP contribution in [-0.4, -0.2) is 10.1 Å². The van der Waals surface area contributed by atoms with Crippen LogP contribution in [0, 0.1) is 0 Å². The average Bonchev–Trinajstić information content (AvgIpc) is 2.49. The third-order valence-corrected chi connectivity index (χ3v) is 4.42. The zero-order chi connectivity index (χ0) is 14.0. The molecule has 21 heavy (non-hydrogen) atoms. The van der Waals surface area contributed by atoms with Gasteiger partial charge in [-0.15, -0.1) is 12.4 Å². The largest absolute Gasteiger partial charge is 0.385 e. The lowest BCUT2D eigenvalue weighted by Gasteiger charge is -2.36. The molecule has 1 saturated carbocycles. The van der Waals surface area contributed by atoms with Gasteiger partial charge < -0.3 is 10.8 Å². The predicted molar refractivity (Wildman–Crippen MR) is 87.4 cm³/mol. The molecule has 1 aromatic carbocycles. The highest BCUT2D eigenvalue weighted by atomic mass is 35.5. The van der Waals surface area contributed by atoms with Crippen molar-refractivity contribution in [1.29, 1.82) is 0 Å². The van der Waals surface area contributed by atoms with Gasteiger partial charge in [-0.25, -0.2) is 4.98 Å². The molecule has 0 aliphatic heterocycles. The van der Waals surface area contributed by atoms with E-state index in [4.69, 9.17) is 5.73 Å². The second kappa shape index (κ2) is 6.46. The van der Waals surface area contributed by atoms with Crippen LogP contribution in [0.1, 0.15) is 42.7 Å². The number of nitrogen functional groups attached to an aromatic ring is 1. The molecule has 1 aromatic heterocycles. The van der Waals surface area contributed by atoms with Crippen LogP contribution in [-0.2, 0) is 5.60 Å². The van der Waals surface area contributed by atoms with Crippen LogP contribution in [0.5, 0.6) is 0 Å². The number of rotatable bonds is 2. The first kappa shape index (κ1) is 15.8. The molecule has 1 heterocycles. The molecule has 0 spiro atoms. The molecule has 3 N–H and O–H groups in total. The zero-order valence-corrected chi connectivity index (χ0v) is 12.7. The number of hydrogen-bond acceptors (Lipinski definition) is 3. The third kappa shape index (κ3) is 3.20. The van der Waals surface area contributed by atoms with Crippen LogP contribution >= 0.6 is 12.4 Å². The Kier molecular flexibility index (Phi) is 4.86. The lowest BCUT2D eigenvalue weighted by atomic mass is 9.73. The smallest absolute Gasteiger partial charge is 0.129 e. The van der Waals surface area contributed by atoms with Crippen molar-refractivity contribution in [2.24, 2.45) is 0 Å². The van der Waals surface area contributed by atoms with E-state index >= 15 is 0 Å². The standard InChI is InChI=1S/C17H20N2O.ClH/c18-16-15(7-4-12-19-16)17(20)10-8-14(9-11-17)13-5-2-1-3-6-13;/h1-7,12,14,20H,8-11H2,(H2,18,19);1H. The molecule has 2 aromatic rings. The number of pyridine rings is 1. The summed E-state index contributed by atoms with van der Waals surface area (Å²) >= 11 is 0. The molecule has 0 amide bonds. The van der Waals surface area contributed by atoms with Crippen molar-refractivity contribution in [1.82, 2.24) is 4.98 Å². The van der Waals surface area contributed by atoms with Gasteiger partial charge in [-0.1, -0.05) is 36.4 Å². The quantitative estimate of drug-likeness (QED) is 0.890. The SMILES string of the molecule is Cl.Nc1ncccc1C1(O)CCC(c2ccccc2)CC1. The molecule has 0 bridgehead atoms. The molecule has 1 aliphatic rings. The minimum Gasteiger partial charge on any atom is -0.385 e. The van der Waals surface area contributed by atoms with Crippen molar-refractivity contribution in [2.75, 3.05) is 5.73 Å². The first-order valence-electron chi connectivity index (χ1n) is 7.17. The topological polar surface area (TPSA) is 59.1 Å². The second-order valence-corrected chi connectivity index (χ2v) is 5.65. The molecule has 0 saturated heterocycles. The Morgan fingerprint density at radius 2 is 1.71 bits per heavy atom. The van der Waals surface area contributed by atoms with Crippen molar-refractivity contribution < 1.29 is 5.11 Å².